The van der Waals surface area contributed by atoms with E-state index < -0.39 is 5.91 Å². The van der Waals surface area contributed by atoms with Crippen LogP contribution in [-0.4, -0.2) is 49.4 Å². The van der Waals surface area contributed by atoms with Gasteiger partial charge in [-0.1, -0.05) is 30.3 Å². The fraction of sp³-hybridized carbons (Fsp3) is 0.364. The Balaban J connectivity index is 1.45. The number of nitrogens with two attached hydrogens (primary N) is 1. The molecule has 0 atom stereocenters. The first kappa shape index (κ1) is 19.9. The molecule has 1 saturated heterocycles. The molecule has 0 radical (unpaired) electrons. The predicted molar refractivity (Wildman–Crippen MR) is 112 cm³/mol. The van der Waals surface area contributed by atoms with Crippen LogP contribution in [0.4, 0.5) is 11.4 Å². The van der Waals surface area contributed by atoms with Crippen LogP contribution in [-0.2, 0) is 16.0 Å². The number of anilines is 2. The number of aryl methyl sites for hydroxylation is 1. The van der Waals surface area contributed by atoms with Gasteiger partial charge in [0.05, 0.1) is 6.42 Å². The molecular weight excluding hydrogens is 352 g/mol. The van der Waals surface area contributed by atoms with Gasteiger partial charge >= 0.3 is 0 Å². The summed E-state index contributed by atoms with van der Waals surface area (Å²) in [6.45, 7) is 6.66. The molecule has 1 aliphatic rings. The Morgan fingerprint density at radius 2 is 1.79 bits per heavy atom. The van der Waals surface area contributed by atoms with Gasteiger partial charge in [0.15, 0.2) is 0 Å². The number of benzene rings is 2. The average Bonchev–Trinajstić information content (AvgIpc) is 2.68. The summed E-state index contributed by atoms with van der Waals surface area (Å²) in [7, 11) is 0. The summed E-state index contributed by atoms with van der Waals surface area (Å²) in [4.78, 5) is 28.3. The van der Waals surface area contributed by atoms with Crippen molar-refractivity contribution in [3.05, 3.63) is 59.7 Å². The molecule has 1 fully saturated rings. The van der Waals surface area contributed by atoms with Crippen molar-refractivity contribution in [2.75, 3.05) is 42.9 Å². The summed E-state index contributed by atoms with van der Waals surface area (Å²) < 4.78 is 0. The number of hydrogen-bond acceptors (Lipinski definition) is 4. The second-order valence-corrected chi connectivity index (χ2v) is 7.27. The maximum atomic E-state index is 12.4. The van der Waals surface area contributed by atoms with E-state index in [9.17, 15) is 9.59 Å². The summed E-state index contributed by atoms with van der Waals surface area (Å²) in [6.07, 6.45) is 0.548. The number of piperazine rings is 1. The Morgan fingerprint density at radius 1 is 1.04 bits per heavy atom. The Hall–Kier alpha value is -2.86. The van der Waals surface area contributed by atoms with E-state index in [-0.39, 0.29) is 12.3 Å². The maximum Gasteiger partial charge on any atom is 0.225 e. The van der Waals surface area contributed by atoms with Gasteiger partial charge in [-0.25, -0.2) is 0 Å². The van der Waals surface area contributed by atoms with Gasteiger partial charge in [-0.05, 0) is 36.2 Å². The molecule has 0 saturated carbocycles. The number of hydrogen-bond donors (Lipinski definition) is 2. The Kier molecular flexibility index (Phi) is 6.66. The van der Waals surface area contributed by atoms with Crippen molar-refractivity contribution in [1.29, 1.82) is 0 Å². The smallest absolute Gasteiger partial charge is 0.225 e. The zero-order valence-electron chi connectivity index (χ0n) is 16.4. The monoisotopic (exact) mass is 380 g/mol. The third-order valence-electron chi connectivity index (χ3n) is 5.05. The van der Waals surface area contributed by atoms with E-state index in [2.05, 4.69) is 46.3 Å². The summed E-state index contributed by atoms with van der Waals surface area (Å²) >= 11 is 0. The van der Waals surface area contributed by atoms with Gasteiger partial charge in [0.25, 0.3) is 0 Å². The second-order valence-electron chi connectivity index (χ2n) is 7.27. The number of para-hydroxylation sites is 1. The van der Waals surface area contributed by atoms with Gasteiger partial charge in [-0.2, -0.15) is 0 Å². The third-order valence-corrected chi connectivity index (χ3v) is 5.05. The highest BCUT2D eigenvalue weighted by Gasteiger charge is 2.18. The van der Waals surface area contributed by atoms with E-state index in [0.29, 0.717) is 12.1 Å². The minimum Gasteiger partial charge on any atom is -0.369 e. The lowest BCUT2D eigenvalue weighted by Gasteiger charge is -2.36. The van der Waals surface area contributed by atoms with Crippen LogP contribution in [0.15, 0.2) is 48.5 Å². The minimum absolute atomic E-state index is 0.0435. The van der Waals surface area contributed by atoms with Crippen molar-refractivity contribution in [3.8, 4) is 0 Å². The minimum atomic E-state index is -0.409. The fourth-order valence-corrected chi connectivity index (χ4v) is 3.51. The number of nitrogens with zero attached hydrogens (tertiary/aromatic N) is 2. The first-order valence-corrected chi connectivity index (χ1v) is 9.71. The lowest BCUT2D eigenvalue weighted by atomic mass is 10.1. The van der Waals surface area contributed by atoms with E-state index in [1.54, 1.807) is 6.07 Å². The molecule has 0 aromatic heterocycles. The molecule has 2 amide bonds. The van der Waals surface area contributed by atoms with Gasteiger partial charge in [0.2, 0.25) is 11.8 Å². The highest BCUT2D eigenvalue weighted by atomic mass is 16.2. The lowest BCUT2D eigenvalue weighted by molar-refractivity contribution is -0.118. The van der Waals surface area contributed by atoms with E-state index in [1.165, 1.54) is 11.3 Å². The Morgan fingerprint density at radius 3 is 2.50 bits per heavy atom. The molecular formula is C22H28N4O2. The van der Waals surface area contributed by atoms with E-state index >= 15 is 0 Å². The van der Waals surface area contributed by atoms with Crippen LogP contribution >= 0.6 is 0 Å². The number of nitrogens with one attached hydrogen (secondary N) is 1. The molecule has 3 N–H and O–H groups in total. The molecule has 0 bridgehead atoms. The van der Waals surface area contributed by atoms with Crippen molar-refractivity contribution in [2.45, 2.75) is 19.8 Å². The van der Waals surface area contributed by atoms with Crippen LogP contribution in [0, 0.1) is 6.92 Å². The molecule has 1 aliphatic heterocycles. The molecule has 6 heteroatoms. The summed E-state index contributed by atoms with van der Waals surface area (Å²) in [5.41, 5.74) is 9.23. The topological polar surface area (TPSA) is 78.7 Å². The first-order valence-electron chi connectivity index (χ1n) is 9.71. The van der Waals surface area contributed by atoms with Crippen molar-refractivity contribution < 1.29 is 9.59 Å². The van der Waals surface area contributed by atoms with Gasteiger partial charge in [-0.15, -0.1) is 0 Å². The third kappa shape index (κ3) is 5.57. The van der Waals surface area contributed by atoms with E-state index in [1.807, 2.05) is 18.2 Å². The van der Waals surface area contributed by atoms with Crippen molar-refractivity contribution >= 4 is 23.2 Å². The zero-order valence-corrected chi connectivity index (χ0v) is 16.4. The lowest BCUT2D eigenvalue weighted by Crippen LogP contribution is -2.47. The van der Waals surface area contributed by atoms with Gasteiger partial charge < -0.3 is 16.0 Å². The van der Waals surface area contributed by atoms with Gasteiger partial charge in [-0.3, -0.25) is 14.5 Å². The first-order chi connectivity index (χ1) is 13.5. The number of carbonyl (C=O) groups is 2. The summed E-state index contributed by atoms with van der Waals surface area (Å²) in [5, 5.41) is 2.91. The van der Waals surface area contributed by atoms with Crippen LogP contribution in [0.5, 0.6) is 0 Å². The molecule has 2 aromatic rings. The molecule has 148 valence electrons. The molecule has 0 spiro atoms. The van der Waals surface area contributed by atoms with Gasteiger partial charge in [0, 0.05) is 50.5 Å². The van der Waals surface area contributed by atoms with Crippen molar-refractivity contribution in [1.82, 2.24) is 4.90 Å². The average molecular weight is 380 g/mol. The Labute approximate surface area is 166 Å². The summed E-state index contributed by atoms with van der Waals surface area (Å²) in [6, 6.07) is 15.9. The quantitative estimate of drug-likeness (QED) is 0.772. The predicted octanol–water partition coefficient (Wildman–Crippen LogP) is 2.17. The van der Waals surface area contributed by atoms with Crippen LogP contribution < -0.4 is 16.0 Å². The molecule has 0 unspecified atom stereocenters. The standard InChI is InChI=1S/C22H28N4O2/c1-17-5-4-7-19(15-17)26-13-11-25(12-14-26)10-9-22(28)24-20-8-3-2-6-18(20)16-21(23)27/h2-8,15H,9-14,16H2,1H3,(H2,23,27)(H,24,28). The van der Waals surface area contributed by atoms with Crippen molar-refractivity contribution in [3.63, 3.8) is 0 Å². The van der Waals surface area contributed by atoms with Crippen LogP contribution in [0.3, 0.4) is 0 Å². The molecule has 1 heterocycles. The van der Waals surface area contributed by atoms with Crippen molar-refractivity contribution in [2.24, 2.45) is 5.73 Å². The molecule has 2 aromatic carbocycles. The number of rotatable bonds is 7. The van der Waals surface area contributed by atoms with E-state index in [0.717, 1.165) is 38.3 Å². The molecule has 6 nitrogen and oxygen atoms in total. The van der Waals surface area contributed by atoms with E-state index in [4.69, 9.17) is 5.73 Å². The number of amides is 2. The molecule has 3 rings (SSSR count). The highest BCUT2D eigenvalue weighted by Crippen LogP contribution is 2.18. The maximum absolute atomic E-state index is 12.4. The fourth-order valence-electron chi connectivity index (χ4n) is 3.51. The summed E-state index contributed by atoms with van der Waals surface area (Å²) in [5.74, 6) is -0.453. The number of primary amides is 1. The highest BCUT2D eigenvalue weighted by molar-refractivity contribution is 5.92. The number of carbonyl (C=O) groups excluding carboxylic acids is 2. The second kappa shape index (κ2) is 9.37. The normalized spacial score (nSPS) is 14.7. The van der Waals surface area contributed by atoms with Gasteiger partial charge in [0.1, 0.15) is 0 Å². The SMILES string of the molecule is Cc1cccc(N2CCN(CCC(=O)Nc3ccccc3CC(N)=O)CC2)c1. The zero-order chi connectivity index (χ0) is 19.9. The molecule has 28 heavy (non-hydrogen) atoms. The Bertz CT molecular complexity index is 829. The van der Waals surface area contributed by atoms with Crippen LogP contribution in [0.25, 0.3) is 0 Å². The molecule has 0 aliphatic carbocycles. The van der Waals surface area contributed by atoms with Crippen LogP contribution in [0.1, 0.15) is 17.5 Å². The largest absolute Gasteiger partial charge is 0.369 e. The van der Waals surface area contributed by atoms with Crippen LogP contribution in [0.2, 0.25) is 0 Å².